The molecule has 156 valence electrons. The molecule has 0 spiro atoms. The molecule has 1 saturated heterocycles. The SMILES string of the molecule is Cc1ccc(NC(=O)CSc2[nH+]c(N3CCOCC3)c3c(c2C#N)CCCC3)cc1. The van der Waals surface area contributed by atoms with Gasteiger partial charge in [-0.15, -0.1) is 0 Å². The predicted octanol–water partition coefficient (Wildman–Crippen LogP) is 3.13. The fourth-order valence-corrected chi connectivity index (χ4v) is 4.91. The number of rotatable bonds is 5. The Labute approximate surface area is 181 Å². The van der Waals surface area contributed by atoms with Gasteiger partial charge >= 0.3 is 0 Å². The van der Waals surface area contributed by atoms with Gasteiger partial charge in [0.15, 0.2) is 5.03 Å². The van der Waals surface area contributed by atoms with E-state index < -0.39 is 0 Å². The van der Waals surface area contributed by atoms with Crippen LogP contribution in [-0.2, 0) is 22.4 Å². The second-order valence-electron chi connectivity index (χ2n) is 7.76. The van der Waals surface area contributed by atoms with E-state index >= 15 is 0 Å². The Morgan fingerprint density at radius 1 is 1.20 bits per heavy atom. The van der Waals surface area contributed by atoms with Crippen molar-refractivity contribution in [2.45, 2.75) is 37.6 Å². The van der Waals surface area contributed by atoms with Gasteiger partial charge in [0.05, 0.1) is 19.0 Å². The monoisotopic (exact) mass is 423 g/mol. The molecule has 2 N–H and O–H groups in total. The standard InChI is InChI=1S/C23H26N4O2S/c1-16-6-8-17(9-7-16)25-21(28)15-30-23-20(14-24)18-4-2-3-5-19(18)22(26-23)27-10-12-29-13-11-27/h6-9H,2-5,10-13,15H2,1H3,(H,25,28)/p+1. The summed E-state index contributed by atoms with van der Waals surface area (Å²) in [6.07, 6.45) is 4.17. The number of hydrogen-bond donors (Lipinski definition) is 1. The van der Waals surface area contributed by atoms with Crippen molar-refractivity contribution in [1.82, 2.24) is 0 Å². The van der Waals surface area contributed by atoms with Gasteiger partial charge in [0, 0.05) is 11.3 Å². The molecule has 0 bridgehead atoms. The number of nitrogens with one attached hydrogen (secondary N) is 2. The van der Waals surface area contributed by atoms with Gasteiger partial charge in [-0.2, -0.15) is 5.26 Å². The molecule has 1 aromatic carbocycles. The quantitative estimate of drug-likeness (QED) is 0.748. The van der Waals surface area contributed by atoms with Gasteiger partial charge in [-0.05, 0) is 50.3 Å². The molecule has 0 saturated carbocycles. The minimum Gasteiger partial charge on any atom is -0.373 e. The lowest BCUT2D eigenvalue weighted by Crippen LogP contribution is -2.41. The maximum atomic E-state index is 12.5. The van der Waals surface area contributed by atoms with Crippen LogP contribution < -0.4 is 15.2 Å². The summed E-state index contributed by atoms with van der Waals surface area (Å²) in [6.45, 7) is 5.12. The number of nitriles is 1. The highest BCUT2D eigenvalue weighted by Crippen LogP contribution is 2.34. The van der Waals surface area contributed by atoms with E-state index in [2.05, 4.69) is 21.3 Å². The van der Waals surface area contributed by atoms with Crippen LogP contribution in [-0.4, -0.2) is 38.0 Å². The molecule has 0 atom stereocenters. The number of hydrogen-bond acceptors (Lipinski definition) is 5. The van der Waals surface area contributed by atoms with Gasteiger partial charge in [-0.25, -0.2) is 4.98 Å². The van der Waals surface area contributed by atoms with E-state index in [0.717, 1.165) is 66.4 Å². The minimum absolute atomic E-state index is 0.0770. The Morgan fingerprint density at radius 3 is 2.60 bits per heavy atom. The molecular formula is C23H27N4O2S+. The smallest absolute Gasteiger partial charge is 0.278 e. The lowest BCUT2D eigenvalue weighted by Gasteiger charge is -2.26. The van der Waals surface area contributed by atoms with Crippen molar-refractivity contribution in [1.29, 1.82) is 5.26 Å². The van der Waals surface area contributed by atoms with E-state index in [1.54, 1.807) is 0 Å². The molecule has 30 heavy (non-hydrogen) atoms. The third-order valence-electron chi connectivity index (χ3n) is 5.64. The highest BCUT2D eigenvalue weighted by Gasteiger charge is 2.31. The van der Waals surface area contributed by atoms with E-state index in [0.29, 0.717) is 18.8 Å². The van der Waals surface area contributed by atoms with Crippen molar-refractivity contribution < 1.29 is 14.5 Å². The number of morpholine rings is 1. The first kappa shape index (κ1) is 20.7. The molecule has 4 rings (SSSR count). The number of carbonyl (C=O) groups excluding carboxylic acids is 1. The number of ether oxygens (including phenoxy) is 1. The summed E-state index contributed by atoms with van der Waals surface area (Å²) in [5.74, 6) is 1.28. The zero-order valence-electron chi connectivity index (χ0n) is 17.3. The summed E-state index contributed by atoms with van der Waals surface area (Å²) >= 11 is 1.41. The van der Waals surface area contributed by atoms with Gasteiger partial charge in [0.1, 0.15) is 24.7 Å². The Morgan fingerprint density at radius 2 is 1.90 bits per heavy atom. The van der Waals surface area contributed by atoms with Crippen LogP contribution in [0.2, 0.25) is 0 Å². The number of benzene rings is 1. The maximum Gasteiger partial charge on any atom is 0.278 e. The van der Waals surface area contributed by atoms with Crippen LogP contribution in [0, 0.1) is 18.3 Å². The number of carbonyl (C=O) groups is 1. The molecule has 2 heterocycles. The molecule has 1 aromatic heterocycles. The molecule has 2 aromatic rings. The van der Waals surface area contributed by atoms with Crippen LogP contribution in [0.3, 0.4) is 0 Å². The zero-order chi connectivity index (χ0) is 20.9. The third kappa shape index (κ3) is 4.61. The average molecular weight is 424 g/mol. The van der Waals surface area contributed by atoms with Crippen molar-refractivity contribution in [2.24, 2.45) is 0 Å². The Kier molecular flexibility index (Phi) is 6.56. The third-order valence-corrected chi connectivity index (χ3v) is 6.64. The number of anilines is 2. The molecule has 1 fully saturated rings. The fraction of sp³-hybridized carbons (Fsp3) is 0.435. The van der Waals surface area contributed by atoms with Gasteiger partial charge in [-0.1, -0.05) is 29.5 Å². The first-order chi connectivity index (χ1) is 14.7. The van der Waals surface area contributed by atoms with Crippen molar-refractivity contribution >= 4 is 29.2 Å². The molecule has 0 unspecified atom stereocenters. The van der Waals surface area contributed by atoms with E-state index in [1.807, 2.05) is 31.2 Å². The van der Waals surface area contributed by atoms with Crippen LogP contribution in [0.4, 0.5) is 11.5 Å². The normalized spacial score (nSPS) is 15.9. The van der Waals surface area contributed by atoms with E-state index in [4.69, 9.17) is 4.74 Å². The number of aromatic nitrogens is 1. The van der Waals surface area contributed by atoms with Crippen LogP contribution in [0.15, 0.2) is 29.3 Å². The van der Waals surface area contributed by atoms with Crippen molar-refractivity contribution in [2.75, 3.05) is 42.3 Å². The second kappa shape index (κ2) is 9.50. The minimum atomic E-state index is -0.0770. The number of nitrogens with zero attached hydrogens (tertiary/aromatic N) is 2. The van der Waals surface area contributed by atoms with Crippen LogP contribution >= 0.6 is 11.8 Å². The summed E-state index contributed by atoms with van der Waals surface area (Å²) in [4.78, 5) is 18.3. The summed E-state index contributed by atoms with van der Waals surface area (Å²) in [5, 5.41) is 13.6. The van der Waals surface area contributed by atoms with Crippen molar-refractivity contribution in [3.05, 3.63) is 46.5 Å². The maximum absolute atomic E-state index is 12.5. The number of thioether (sulfide) groups is 1. The molecule has 7 heteroatoms. The summed E-state index contributed by atoms with van der Waals surface area (Å²) in [5.41, 5.74) is 5.07. The summed E-state index contributed by atoms with van der Waals surface area (Å²) in [7, 11) is 0. The Hall–Kier alpha value is -2.56. The predicted molar refractivity (Wildman–Crippen MR) is 118 cm³/mol. The van der Waals surface area contributed by atoms with Gasteiger partial charge < -0.3 is 10.1 Å². The van der Waals surface area contributed by atoms with Crippen LogP contribution in [0.25, 0.3) is 0 Å². The Bertz CT molecular complexity index is 963. The molecule has 0 radical (unpaired) electrons. The number of H-pyrrole nitrogens is 1. The van der Waals surface area contributed by atoms with Gasteiger partial charge in [0.2, 0.25) is 5.91 Å². The lowest BCUT2D eigenvalue weighted by molar-refractivity contribution is -0.414. The molecular weight excluding hydrogens is 396 g/mol. The molecule has 1 aliphatic heterocycles. The lowest BCUT2D eigenvalue weighted by atomic mass is 9.89. The molecule has 6 nitrogen and oxygen atoms in total. The van der Waals surface area contributed by atoms with Crippen LogP contribution in [0.5, 0.6) is 0 Å². The number of aromatic amines is 1. The average Bonchev–Trinajstić information content (AvgIpc) is 2.79. The zero-order valence-corrected chi connectivity index (χ0v) is 18.1. The van der Waals surface area contributed by atoms with E-state index in [9.17, 15) is 10.1 Å². The van der Waals surface area contributed by atoms with Crippen LogP contribution in [0.1, 0.15) is 35.1 Å². The summed E-state index contributed by atoms with van der Waals surface area (Å²) < 4.78 is 5.52. The molecule has 1 aliphatic carbocycles. The van der Waals surface area contributed by atoms with E-state index in [-0.39, 0.29) is 11.7 Å². The number of fused-ring (bicyclic) bond motifs is 1. The van der Waals surface area contributed by atoms with Crippen molar-refractivity contribution in [3.8, 4) is 6.07 Å². The number of pyridine rings is 1. The first-order valence-electron chi connectivity index (χ1n) is 10.5. The highest BCUT2D eigenvalue weighted by molar-refractivity contribution is 7.99. The Balaban J connectivity index is 1.56. The largest absolute Gasteiger partial charge is 0.373 e. The molecule has 2 aliphatic rings. The second-order valence-corrected chi connectivity index (χ2v) is 8.74. The number of amides is 1. The number of aryl methyl sites for hydroxylation is 1. The van der Waals surface area contributed by atoms with Crippen molar-refractivity contribution in [3.63, 3.8) is 0 Å². The van der Waals surface area contributed by atoms with Gasteiger partial charge in [-0.3, -0.25) is 9.69 Å². The molecule has 1 amide bonds. The fourth-order valence-electron chi connectivity index (χ4n) is 4.08. The van der Waals surface area contributed by atoms with Gasteiger partial charge in [0.25, 0.3) is 5.82 Å². The summed E-state index contributed by atoms with van der Waals surface area (Å²) in [6, 6.07) is 10.2. The highest BCUT2D eigenvalue weighted by atomic mass is 32.2. The first-order valence-corrected chi connectivity index (χ1v) is 11.5. The topological polar surface area (TPSA) is 79.5 Å². The van der Waals surface area contributed by atoms with E-state index in [1.165, 1.54) is 17.3 Å².